The third-order valence-corrected chi connectivity index (χ3v) is 3.85. The van der Waals surface area contributed by atoms with E-state index in [-0.39, 0.29) is 11.9 Å². The van der Waals surface area contributed by atoms with Gasteiger partial charge in [-0.15, -0.1) is 0 Å². The lowest BCUT2D eigenvalue weighted by atomic mass is 10.0. The molecule has 0 N–H and O–H groups in total. The second-order valence-electron chi connectivity index (χ2n) is 5.06. The number of methoxy groups -OCH3 is 2. The van der Waals surface area contributed by atoms with Crippen molar-refractivity contribution < 1.29 is 19.1 Å². The normalized spacial score (nSPS) is 16.9. The van der Waals surface area contributed by atoms with Gasteiger partial charge in [0.15, 0.2) is 0 Å². The molecule has 0 spiro atoms. The van der Waals surface area contributed by atoms with E-state index in [9.17, 15) is 9.59 Å². The van der Waals surface area contributed by atoms with Crippen LogP contribution in [-0.2, 0) is 14.3 Å². The number of rotatable bonds is 5. The van der Waals surface area contributed by atoms with E-state index in [0.29, 0.717) is 24.3 Å². The fourth-order valence-corrected chi connectivity index (χ4v) is 2.70. The molecule has 0 aromatic heterocycles. The van der Waals surface area contributed by atoms with Crippen molar-refractivity contribution in [3.8, 4) is 5.75 Å². The Hall–Kier alpha value is -2.30. The minimum absolute atomic E-state index is 0.149. The Morgan fingerprint density at radius 1 is 1.32 bits per heavy atom. The largest absolute Gasteiger partial charge is 0.497 e. The molecule has 0 heterocycles. The van der Waals surface area contributed by atoms with Crippen LogP contribution in [0.3, 0.4) is 0 Å². The summed E-state index contributed by atoms with van der Waals surface area (Å²) in [6, 6.07) is 7.33. The number of allylic oxidation sites excluding steroid dienone is 1. The predicted octanol–water partition coefficient (Wildman–Crippen LogP) is 2.56. The van der Waals surface area contributed by atoms with E-state index < -0.39 is 5.92 Å². The van der Waals surface area contributed by atoms with Gasteiger partial charge < -0.3 is 14.4 Å². The molecule has 5 heteroatoms. The summed E-state index contributed by atoms with van der Waals surface area (Å²) in [5, 5.41) is 0. The number of amides is 1. The van der Waals surface area contributed by atoms with Gasteiger partial charge >= 0.3 is 5.97 Å². The van der Waals surface area contributed by atoms with Gasteiger partial charge in [0.2, 0.25) is 0 Å². The third-order valence-electron chi connectivity index (χ3n) is 3.85. The van der Waals surface area contributed by atoms with Gasteiger partial charge in [0.1, 0.15) is 5.75 Å². The highest BCUT2D eigenvalue weighted by atomic mass is 16.5. The molecule has 118 valence electrons. The summed E-state index contributed by atoms with van der Waals surface area (Å²) in [6.07, 6.45) is 3.19. The number of carbonyl (C=O) groups is 2. The number of carbonyl (C=O) groups excluding carboxylic acids is 2. The van der Waals surface area contributed by atoms with Gasteiger partial charge in [-0.05, 0) is 31.9 Å². The Morgan fingerprint density at radius 2 is 2.09 bits per heavy atom. The maximum Gasteiger partial charge on any atom is 0.313 e. The zero-order valence-corrected chi connectivity index (χ0v) is 13.2. The Morgan fingerprint density at radius 3 is 2.73 bits per heavy atom. The fourth-order valence-electron chi connectivity index (χ4n) is 2.70. The van der Waals surface area contributed by atoms with Crippen LogP contribution in [0.25, 0.3) is 0 Å². The van der Waals surface area contributed by atoms with Crippen LogP contribution in [0.1, 0.15) is 19.8 Å². The lowest BCUT2D eigenvalue weighted by Crippen LogP contribution is -2.35. The molecule has 5 nitrogen and oxygen atoms in total. The first-order chi connectivity index (χ1) is 10.6. The van der Waals surface area contributed by atoms with Crippen molar-refractivity contribution in [2.75, 3.05) is 25.7 Å². The summed E-state index contributed by atoms with van der Waals surface area (Å²) in [5.41, 5.74) is 1.28. The first-order valence-electron chi connectivity index (χ1n) is 7.36. The van der Waals surface area contributed by atoms with E-state index in [0.717, 1.165) is 12.1 Å². The number of anilines is 1. The molecule has 1 atom stereocenters. The highest BCUT2D eigenvalue weighted by molar-refractivity contribution is 6.09. The number of hydrogen-bond donors (Lipinski definition) is 0. The minimum atomic E-state index is -0.461. The molecule has 0 bridgehead atoms. The number of hydrogen-bond acceptors (Lipinski definition) is 4. The van der Waals surface area contributed by atoms with Gasteiger partial charge in [0.05, 0.1) is 20.1 Å². The molecule has 0 saturated carbocycles. The topological polar surface area (TPSA) is 55.8 Å². The minimum Gasteiger partial charge on any atom is -0.497 e. The fraction of sp³-hybridized carbons (Fsp3) is 0.412. The summed E-state index contributed by atoms with van der Waals surface area (Å²) in [4.78, 5) is 26.3. The molecule has 0 unspecified atom stereocenters. The van der Waals surface area contributed by atoms with Crippen molar-refractivity contribution in [2.45, 2.75) is 19.8 Å². The Labute approximate surface area is 130 Å². The summed E-state index contributed by atoms with van der Waals surface area (Å²) in [5.74, 6) is -0.270. The van der Waals surface area contributed by atoms with Crippen molar-refractivity contribution in [3.05, 3.63) is 35.9 Å². The van der Waals surface area contributed by atoms with Crippen molar-refractivity contribution in [1.29, 1.82) is 0 Å². The lowest BCUT2D eigenvalue weighted by Gasteiger charge is -2.24. The highest BCUT2D eigenvalue weighted by Gasteiger charge is 2.34. The van der Waals surface area contributed by atoms with Crippen molar-refractivity contribution >= 4 is 17.6 Å². The molecule has 1 amide bonds. The molecule has 1 aliphatic rings. The standard InChI is InChI=1S/C17H21NO4/c1-4-18(12-7-5-8-13(11-12)21-2)16(19)14-9-6-10-15(14)17(20)22-3/h5,7-9,11,15H,4,6,10H2,1-3H3/t15-/m0/s1. The zero-order valence-electron chi connectivity index (χ0n) is 13.2. The van der Waals surface area contributed by atoms with Gasteiger partial charge in [-0.25, -0.2) is 0 Å². The average Bonchev–Trinajstić information content (AvgIpc) is 3.04. The van der Waals surface area contributed by atoms with Crippen molar-refractivity contribution in [3.63, 3.8) is 0 Å². The highest BCUT2D eigenvalue weighted by Crippen LogP contribution is 2.30. The van der Waals surface area contributed by atoms with E-state index in [4.69, 9.17) is 9.47 Å². The number of esters is 1. The predicted molar refractivity (Wildman–Crippen MR) is 83.8 cm³/mol. The number of ether oxygens (including phenoxy) is 2. The molecular weight excluding hydrogens is 282 g/mol. The number of likely N-dealkylation sites (N-methyl/N-ethyl adjacent to an activating group) is 1. The first-order valence-corrected chi connectivity index (χ1v) is 7.36. The van der Waals surface area contributed by atoms with E-state index >= 15 is 0 Å². The zero-order chi connectivity index (χ0) is 16.1. The van der Waals surface area contributed by atoms with Gasteiger partial charge in [0, 0.05) is 23.9 Å². The second kappa shape index (κ2) is 7.11. The molecule has 0 saturated heterocycles. The molecular formula is C17H21NO4. The van der Waals surface area contributed by atoms with Crippen LogP contribution in [0, 0.1) is 5.92 Å². The van der Waals surface area contributed by atoms with E-state index in [1.54, 1.807) is 12.0 Å². The summed E-state index contributed by atoms with van der Waals surface area (Å²) in [6.45, 7) is 2.41. The quantitative estimate of drug-likeness (QED) is 0.784. The first kappa shape index (κ1) is 16.1. The van der Waals surface area contributed by atoms with Crippen molar-refractivity contribution in [2.24, 2.45) is 5.92 Å². The molecule has 22 heavy (non-hydrogen) atoms. The second-order valence-corrected chi connectivity index (χ2v) is 5.06. The van der Waals surface area contributed by atoms with E-state index in [1.807, 2.05) is 37.3 Å². The SMILES string of the molecule is CCN(C(=O)C1=CCC[C@@H]1C(=O)OC)c1cccc(OC)c1. The summed E-state index contributed by atoms with van der Waals surface area (Å²) in [7, 11) is 2.94. The average molecular weight is 303 g/mol. The van der Waals surface area contributed by atoms with Crippen molar-refractivity contribution in [1.82, 2.24) is 0 Å². The molecule has 1 aliphatic carbocycles. The van der Waals surface area contributed by atoms with Crippen LogP contribution < -0.4 is 9.64 Å². The smallest absolute Gasteiger partial charge is 0.313 e. The Balaban J connectivity index is 2.27. The van der Waals surface area contributed by atoms with Crippen LogP contribution in [-0.4, -0.2) is 32.6 Å². The third kappa shape index (κ3) is 3.13. The molecule has 0 radical (unpaired) electrons. The maximum absolute atomic E-state index is 12.8. The molecule has 1 aromatic rings. The number of nitrogens with zero attached hydrogens (tertiary/aromatic N) is 1. The monoisotopic (exact) mass is 303 g/mol. The van der Waals surface area contributed by atoms with Gasteiger partial charge in [-0.2, -0.15) is 0 Å². The van der Waals surface area contributed by atoms with Crippen LogP contribution >= 0.6 is 0 Å². The lowest BCUT2D eigenvalue weighted by molar-refractivity contribution is -0.144. The van der Waals surface area contributed by atoms with Crippen LogP contribution in [0.4, 0.5) is 5.69 Å². The maximum atomic E-state index is 12.8. The van der Waals surface area contributed by atoms with Gasteiger partial charge in [-0.3, -0.25) is 9.59 Å². The molecule has 0 aliphatic heterocycles. The molecule has 2 rings (SSSR count). The van der Waals surface area contributed by atoms with Gasteiger partial charge in [0.25, 0.3) is 5.91 Å². The molecule has 1 aromatic carbocycles. The Bertz CT molecular complexity index is 594. The Kier molecular flexibility index (Phi) is 5.20. The van der Waals surface area contributed by atoms with Gasteiger partial charge in [-0.1, -0.05) is 12.1 Å². The van der Waals surface area contributed by atoms with Crippen LogP contribution in [0.2, 0.25) is 0 Å². The van der Waals surface area contributed by atoms with Crippen LogP contribution in [0.5, 0.6) is 5.75 Å². The van der Waals surface area contributed by atoms with E-state index in [1.165, 1.54) is 7.11 Å². The summed E-state index contributed by atoms with van der Waals surface area (Å²) >= 11 is 0. The van der Waals surface area contributed by atoms with E-state index in [2.05, 4.69) is 0 Å². The number of benzene rings is 1. The molecule has 0 fully saturated rings. The summed E-state index contributed by atoms with van der Waals surface area (Å²) < 4.78 is 10.0. The van der Waals surface area contributed by atoms with Crippen LogP contribution in [0.15, 0.2) is 35.9 Å².